The molecule has 2 heteroatoms. The van der Waals surface area contributed by atoms with Crippen molar-refractivity contribution in [2.45, 2.75) is 13.8 Å². The first-order chi connectivity index (χ1) is 22.1. The highest BCUT2D eigenvalue weighted by molar-refractivity contribution is 6.22. The second kappa shape index (κ2) is 11.1. The van der Waals surface area contributed by atoms with Gasteiger partial charge in [0.25, 0.3) is 6.21 Å². The molecule has 0 saturated heterocycles. The van der Waals surface area contributed by atoms with Crippen LogP contribution in [0.4, 0.5) is 0 Å². The number of nitrogens with one attached hydrogen (secondary N) is 1. The number of fused-ring (bicyclic) bond motifs is 2. The van der Waals surface area contributed by atoms with Crippen LogP contribution in [0.2, 0.25) is 0 Å². The summed E-state index contributed by atoms with van der Waals surface area (Å²) in [5, 5.41) is 8.43. The van der Waals surface area contributed by atoms with Crippen LogP contribution in [0, 0.1) is 0 Å². The third-order valence-corrected chi connectivity index (χ3v) is 8.90. The Morgan fingerprint density at radius 1 is 0.489 bits per heavy atom. The lowest BCUT2D eigenvalue weighted by Gasteiger charge is -2.20. The van der Waals surface area contributed by atoms with E-state index >= 15 is 0 Å². The van der Waals surface area contributed by atoms with Crippen molar-refractivity contribution in [3.8, 4) is 33.4 Å². The van der Waals surface area contributed by atoms with Crippen molar-refractivity contribution >= 4 is 39.0 Å². The van der Waals surface area contributed by atoms with Gasteiger partial charge in [-0.1, -0.05) is 108 Å². The first-order valence-corrected chi connectivity index (χ1v) is 15.6. The molecular formula is C43H33N2+. The Bertz CT molecular complexity index is 2310. The quantitative estimate of drug-likeness (QED) is 0.160. The van der Waals surface area contributed by atoms with E-state index in [0.717, 1.165) is 17.8 Å². The summed E-state index contributed by atoms with van der Waals surface area (Å²) in [6.45, 7) is 5.07. The van der Waals surface area contributed by atoms with Crippen LogP contribution < -0.4 is 9.98 Å². The largest absolute Gasteiger partial charge is 0.387 e. The fourth-order valence-corrected chi connectivity index (χ4v) is 6.81. The van der Waals surface area contributed by atoms with Gasteiger partial charge in [0.05, 0.1) is 5.56 Å². The molecule has 0 spiro atoms. The van der Waals surface area contributed by atoms with Gasteiger partial charge in [-0.15, -0.1) is 0 Å². The Hall–Kier alpha value is -5.69. The Morgan fingerprint density at radius 3 is 1.82 bits per heavy atom. The average Bonchev–Trinajstić information content (AvgIpc) is 3.53. The number of hydrogen-bond donors (Lipinski definition) is 1. The number of allylic oxidation sites excluding steroid dienone is 4. The predicted octanol–water partition coefficient (Wildman–Crippen LogP) is 9.77. The van der Waals surface area contributed by atoms with Crippen LogP contribution in [0.3, 0.4) is 0 Å². The van der Waals surface area contributed by atoms with Crippen molar-refractivity contribution < 1.29 is 0 Å². The highest BCUT2D eigenvalue weighted by Gasteiger charge is 2.21. The topological polar surface area (TPSA) is 26.1 Å². The lowest BCUT2D eigenvalue weighted by atomic mass is 9.84. The van der Waals surface area contributed by atoms with E-state index < -0.39 is 0 Å². The molecule has 0 atom stereocenters. The smallest absolute Gasteiger partial charge is 0.334 e. The minimum absolute atomic E-state index is 0.827. The molecule has 1 N–H and O–H groups in total. The summed E-state index contributed by atoms with van der Waals surface area (Å²) in [5.74, 6) is 0. The Balaban J connectivity index is 1.43. The van der Waals surface area contributed by atoms with Crippen molar-refractivity contribution in [3.63, 3.8) is 0 Å². The van der Waals surface area contributed by atoms with Gasteiger partial charge in [0.15, 0.2) is 0 Å². The number of rotatable bonds is 5. The van der Waals surface area contributed by atoms with E-state index in [1.165, 1.54) is 77.2 Å². The molecule has 0 fully saturated rings. The second-order valence-electron chi connectivity index (χ2n) is 12.1. The molecule has 8 rings (SSSR count). The van der Waals surface area contributed by atoms with Crippen molar-refractivity contribution in [2.75, 3.05) is 6.54 Å². The van der Waals surface area contributed by atoms with Crippen molar-refractivity contribution in [1.29, 1.82) is 0 Å². The van der Waals surface area contributed by atoms with E-state index in [2.05, 4.69) is 164 Å². The van der Waals surface area contributed by atoms with Crippen LogP contribution in [0.15, 0.2) is 151 Å². The summed E-state index contributed by atoms with van der Waals surface area (Å²) in [4.78, 5) is 0. The molecular weight excluding hydrogens is 544 g/mol. The van der Waals surface area contributed by atoms with Gasteiger partial charge in [-0.25, -0.2) is 0 Å². The van der Waals surface area contributed by atoms with Crippen LogP contribution in [0.5, 0.6) is 0 Å². The minimum atomic E-state index is 0.827. The summed E-state index contributed by atoms with van der Waals surface area (Å²) in [6, 6.07) is 44.5. The molecule has 6 aromatic rings. The highest BCUT2D eigenvalue weighted by Crippen LogP contribution is 2.45. The van der Waals surface area contributed by atoms with E-state index in [-0.39, 0.29) is 0 Å². The normalized spacial score (nSPS) is 14.2. The summed E-state index contributed by atoms with van der Waals surface area (Å²) < 4.78 is 4.68. The fourth-order valence-electron chi connectivity index (χ4n) is 6.81. The predicted molar refractivity (Wildman–Crippen MR) is 194 cm³/mol. The maximum absolute atomic E-state index is 4.68. The van der Waals surface area contributed by atoms with Gasteiger partial charge in [-0.05, 0) is 116 Å². The molecule has 214 valence electrons. The maximum Gasteiger partial charge on any atom is 0.334 e. The molecule has 0 saturated carbocycles. The summed E-state index contributed by atoms with van der Waals surface area (Å²) in [7, 11) is 0. The molecule has 6 aromatic carbocycles. The number of dihydropyridines is 1. The van der Waals surface area contributed by atoms with Gasteiger partial charge in [-0.3, -0.25) is 0 Å². The van der Waals surface area contributed by atoms with Crippen LogP contribution in [0.25, 0.3) is 60.5 Å². The average molecular weight is 578 g/mol. The number of benzene rings is 6. The van der Waals surface area contributed by atoms with Gasteiger partial charge in [0.1, 0.15) is 0 Å². The van der Waals surface area contributed by atoms with Crippen molar-refractivity contribution in [2.24, 2.45) is 0 Å². The van der Waals surface area contributed by atoms with Crippen LogP contribution in [-0.2, 0) is 0 Å². The Morgan fingerprint density at radius 2 is 1.11 bits per heavy atom. The molecule has 2 aliphatic rings. The summed E-state index contributed by atoms with van der Waals surface area (Å²) in [6.07, 6.45) is 8.48. The van der Waals surface area contributed by atoms with Gasteiger partial charge in [0.2, 0.25) is 0 Å². The van der Waals surface area contributed by atoms with Crippen molar-refractivity contribution in [1.82, 2.24) is 9.98 Å². The Labute approximate surface area is 264 Å². The molecule has 2 nitrogen and oxygen atoms in total. The molecule has 0 aliphatic carbocycles. The van der Waals surface area contributed by atoms with Gasteiger partial charge < -0.3 is 5.32 Å². The molecule has 0 radical (unpaired) electrons. The Kier molecular flexibility index (Phi) is 6.64. The van der Waals surface area contributed by atoms with Gasteiger partial charge >= 0.3 is 5.71 Å². The minimum Gasteiger partial charge on any atom is -0.387 e. The van der Waals surface area contributed by atoms with Crippen molar-refractivity contribution in [3.05, 3.63) is 162 Å². The zero-order valence-electron chi connectivity index (χ0n) is 25.5. The number of hydrogen-bond acceptors (Lipinski definition) is 1. The zero-order chi connectivity index (χ0) is 30.3. The summed E-state index contributed by atoms with van der Waals surface area (Å²) in [5.41, 5.74) is 14.5. The first-order valence-electron chi connectivity index (χ1n) is 15.6. The van der Waals surface area contributed by atoms with E-state index in [1.54, 1.807) is 0 Å². The molecule has 0 bridgehead atoms. The lowest BCUT2D eigenvalue weighted by molar-refractivity contribution is 0.969. The van der Waals surface area contributed by atoms with E-state index in [0.29, 0.717) is 0 Å². The lowest BCUT2D eigenvalue weighted by Crippen LogP contribution is -2.13. The molecule has 0 unspecified atom stereocenters. The standard InChI is InChI=1S/C43H33N2/c1-28-20-36(27-44-25-28)31-12-8-14-34(22-31)43-38-17-7-6-16-37(38)42(35-15-9-13-33(23-35)41-21-29(2)26-45-41)39-19-18-32(24-40(39)43)30-10-4-3-5-11-30/h3-26,44H,27H2,1-2H3/q+1. The second-order valence-corrected chi connectivity index (χ2v) is 12.1. The maximum atomic E-state index is 4.68. The number of nitrogens with zero attached hydrogens (tertiary/aromatic N) is 1. The zero-order valence-corrected chi connectivity index (χ0v) is 25.5. The van der Waals surface area contributed by atoms with E-state index in [9.17, 15) is 0 Å². The SMILES string of the molecule is CC1=CNCC(c2cccc(-c3c4ccccc4c(-c4cccc(C5=[N+]=CC(C)=C5)c4)c4ccc(-c5ccccc5)cc34)c2)=C1. The van der Waals surface area contributed by atoms with Crippen LogP contribution in [-0.4, -0.2) is 18.5 Å². The van der Waals surface area contributed by atoms with Crippen LogP contribution in [0.1, 0.15) is 25.0 Å². The van der Waals surface area contributed by atoms with Gasteiger partial charge in [0, 0.05) is 18.2 Å². The van der Waals surface area contributed by atoms with Crippen LogP contribution >= 0.6 is 0 Å². The fraction of sp³-hybridized carbons (Fsp3) is 0.0698. The summed E-state index contributed by atoms with van der Waals surface area (Å²) >= 11 is 0. The molecule has 2 heterocycles. The third-order valence-electron chi connectivity index (χ3n) is 8.90. The van der Waals surface area contributed by atoms with E-state index in [4.69, 9.17) is 0 Å². The van der Waals surface area contributed by atoms with E-state index in [1.807, 2.05) is 6.21 Å². The monoisotopic (exact) mass is 577 g/mol. The molecule has 0 amide bonds. The third kappa shape index (κ3) is 4.92. The molecule has 45 heavy (non-hydrogen) atoms. The first kappa shape index (κ1) is 26.9. The highest BCUT2D eigenvalue weighted by atomic mass is 14.8. The molecule has 2 aliphatic heterocycles. The molecule has 0 aromatic heterocycles. The van der Waals surface area contributed by atoms with Gasteiger partial charge in [-0.2, -0.15) is 0 Å².